The highest BCUT2D eigenvalue weighted by molar-refractivity contribution is 5.75. The number of aliphatic carboxylic acids is 2. The van der Waals surface area contributed by atoms with Gasteiger partial charge in [0.05, 0.1) is 50.2 Å². The summed E-state index contributed by atoms with van der Waals surface area (Å²) in [5, 5.41) is 185. The second-order valence-electron chi connectivity index (χ2n) is 28.5. The van der Waals surface area contributed by atoms with Gasteiger partial charge >= 0.3 is 11.9 Å². The molecule has 10 rings (SSSR count). The van der Waals surface area contributed by atoms with E-state index >= 15 is 0 Å². The lowest BCUT2D eigenvalue weighted by Crippen LogP contribution is -2.68. The molecule has 0 aromatic heterocycles. The number of hydrogen-bond donors (Lipinski definition) is 17. The summed E-state index contributed by atoms with van der Waals surface area (Å²) in [5.74, 6) is -3.43. The fourth-order valence-corrected chi connectivity index (χ4v) is 17.9. The van der Waals surface area contributed by atoms with E-state index < -0.39 is 230 Å². The number of hydrogen-bond acceptors (Lipinski definition) is 27. The van der Waals surface area contributed by atoms with Gasteiger partial charge in [0, 0.05) is 10.8 Å². The third-order valence-electron chi connectivity index (χ3n) is 23.7. The van der Waals surface area contributed by atoms with Crippen molar-refractivity contribution in [3.8, 4) is 0 Å². The van der Waals surface area contributed by atoms with E-state index in [0.29, 0.717) is 38.5 Å². The average Bonchev–Trinajstić information content (AvgIpc) is 0.678. The van der Waals surface area contributed by atoms with Crippen LogP contribution < -0.4 is 0 Å². The van der Waals surface area contributed by atoms with Gasteiger partial charge in [-0.3, -0.25) is 4.79 Å². The SMILES string of the molecule is CC1OC(OC2C(OC3C(OC4CCC5(C)C(CCC6(C)C5CC=C5C7CC(C)(C(=O)O)CC(OC8OCC(O)C(O)C8OC8C(O)OC(CO)C(O)C8O)C7(C)CCC56C)C4(C)CO)OC(C(=O)O)C(O)C3O)OC(CO)C(O)C2O)C(O)C(O)C1O. The number of allylic oxidation sites excluding steroid dienone is 2. The van der Waals surface area contributed by atoms with Crippen LogP contribution in [0.25, 0.3) is 0 Å². The molecule has 5 heterocycles. The minimum Gasteiger partial charge on any atom is -0.481 e. The predicted octanol–water partition coefficient (Wildman–Crippen LogP) is -3.94. The molecule has 0 aromatic rings. The van der Waals surface area contributed by atoms with Gasteiger partial charge in [0.15, 0.2) is 37.6 Å². The molecule has 5 aliphatic carbocycles. The third-order valence-corrected chi connectivity index (χ3v) is 23.7. The molecule has 5 saturated heterocycles. The predicted molar refractivity (Wildman–Crippen MR) is 292 cm³/mol. The van der Waals surface area contributed by atoms with Crippen molar-refractivity contribution in [2.45, 2.75) is 266 Å². The van der Waals surface area contributed by atoms with Crippen molar-refractivity contribution in [1.29, 1.82) is 0 Å². The Labute approximate surface area is 508 Å². The van der Waals surface area contributed by atoms with Crippen LogP contribution in [0.4, 0.5) is 0 Å². The van der Waals surface area contributed by atoms with Crippen LogP contribution in [0.5, 0.6) is 0 Å². The first-order chi connectivity index (χ1) is 41.2. The number of fused-ring (bicyclic) bond motifs is 7. The Kier molecular flexibility index (Phi) is 19.6. The molecule has 17 N–H and O–H groups in total. The van der Waals surface area contributed by atoms with Crippen LogP contribution in [0.1, 0.15) is 106 Å². The van der Waals surface area contributed by atoms with Gasteiger partial charge in [-0.15, -0.1) is 0 Å². The van der Waals surface area contributed by atoms with Gasteiger partial charge in [-0.05, 0) is 106 Å². The normalized spacial score (nSPS) is 55.7. The molecule has 4 saturated carbocycles. The van der Waals surface area contributed by atoms with E-state index in [2.05, 4.69) is 33.8 Å². The molecule has 35 unspecified atom stereocenters. The standard InChI is InChI=1S/C59H94O29/c1-22-32(64)36(68)41(73)49(80-22)87-45-38(70)35(67)27(19-61)82-51(45)88-46-40(72)39(71)42(47(74)75)86-52(46)83-30-11-12-56(4)28(57(30,5)21-62)10-13-59(7)29(56)9-8-23-24-16-54(2,53(77)78)17-31(55(24,3)14-15-58(23,59)6)84-50-44(33(65)25(63)20-79-50)85-43-37(69)34(66)26(18-60)81-48(43)76/h8,22,24-46,48-52,60-73,76H,9-21H2,1-7H3,(H,74,75)(H,77,78). The lowest BCUT2D eigenvalue weighted by Gasteiger charge is -2.72. The third kappa shape index (κ3) is 11.1. The molecular formula is C59H94O29. The maximum atomic E-state index is 13.5. The highest BCUT2D eigenvalue weighted by atomic mass is 16.8. The number of aliphatic hydroxyl groups is 15. The summed E-state index contributed by atoms with van der Waals surface area (Å²) >= 11 is 0. The van der Waals surface area contributed by atoms with Crippen molar-refractivity contribution >= 4 is 11.9 Å². The van der Waals surface area contributed by atoms with E-state index in [9.17, 15) is 96.4 Å². The van der Waals surface area contributed by atoms with Crippen LogP contribution in [0.2, 0.25) is 0 Å². The van der Waals surface area contributed by atoms with E-state index in [1.165, 1.54) is 6.92 Å². The highest BCUT2D eigenvalue weighted by Gasteiger charge is 2.71. The summed E-state index contributed by atoms with van der Waals surface area (Å²) < 4.78 is 60.5. The molecule has 0 spiro atoms. The molecule has 9 fully saturated rings. The molecule has 504 valence electrons. The Morgan fingerprint density at radius 1 is 0.545 bits per heavy atom. The van der Waals surface area contributed by atoms with Crippen LogP contribution in [-0.2, 0) is 57.0 Å². The number of aliphatic hydroxyl groups excluding tert-OH is 15. The van der Waals surface area contributed by atoms with Gasteiger partial charge in [0.25, 0.3) is 0 Å². The fourth-order valence-electron chi connectivity index (χ4n) is 17.9. The fraction of sp³-hybridized carbons (Fsp3) is 0.932. The van der Waals surface area contributed by atoms with E-state index in [-0.39, 0.29) is 37.0 Å². The van der Waals surface area contributed by atoms with Gasteiger partial charge in [0.2, 0.25) is 0 Å². The van der Waals surface area contributed by atoms with Crippen molar-refractivity contribution < 1.29 is 144 Å². The van der Waals surface area contributed by atoms with Crippen molar-refractivity contribution in [3.63, 3.8) is 0 Å². The Hall–Kier alpha value is -2.32. The minimum absolute atomic E-state index is 0.0103. The summed E-state index contributed by atoms with van der Waals surface area (Å²) in [4.78, 5) is 26.2. The minimum atomic E-state index is -2.16. The zero-order valence-corrected chi connectivity index (χ0v) is 50.5. The summed E-state index contributed by atoms with van der Waals surface area (Å²) in [7, 11) is 0. The van der Waals surface area contributed by atoms with E-state index in [4.69, 9.17) is 47.4 Å². The molecule has 5 aliphatic heterocycles. The monoisotopic (exact) mass is 1270 g/mol. The number of rotatable bonds is 15. The second kappa shape index (κ2) is 25.1. The number of ether oxygens (including phenoxy) is 10. The molecule has 0 amide bonds. The van der Waals surface area contributed by atoms with Crippen molar-refractivity contribution in [1.82, 2.24) is 0 Å². The Bertz CT molecular complexity index is 2510. The van der Waals surface area contributed by atoms with Gasteiger partial charge in [-0.1, -0.05) is 46.3 Å². The first-order valence-electron chi connectivity index (χ1n) is 30.9. The molecule has 10 aliphatic rings. The highest BCUT2D eigenvalue weighted by Crippen LogP contribution is 2.76. The number of carboxylic acids is 2. The number of carbonyl (C=O) groups is 2. The van der Waals surface area contributed by atoms with Gasteiger partial charge < -0.3 is 134 Å². The molecule has 0 bridgehead atoms. The molecule has 29 heteroatoms. The first-order valence-corrected chi connectivity index (χ1v) is 30.9. The van der Waals surface area contributed by atoms with E-state index in [1.54, 1.807) is 6.92 Å². The van der Waals surface area contributed by atoms with E-state index in [1.807, 2.05) is 6.92 Å². The van der Waals surface area contributed by atoms with Crippen LogP contribution in [-0.4, -0.2) is 285 Å². The zero-order valence-electron chi connectivity index (χ0n) is 50.5. The molecule has 0 radical (unpaired) electrons. The molecule has 88 heavy (non-hydrogen) atoms. The largest absolute Gasteiger partial charge is 0.481 e. The zero-order chi connectivity index (χ0) is 64.4. The summed E-state index contributed by atoms with van der Waals surface area (Å²) in [6.07, 6.45) is -37.9. The maximum Gasteiger partial charge on any atom is 0.335 e. The lowest BCUT2D eigenvalue weighted by atomic mass is 9.33. The van der Waals surface area contributed by atoms with Gasteiger partial charge in [0.1, 0.15) is 104 Å². The molecule has 29 nitrogen and oxygen atoms in total. The Balaban J connectivity index is 0.913. The van der Waals surface area contributed by atoms with Crippen LogP contribution in [0.3, 0.4) is 0 Å². The molecule has 0 aromatic carbocycles. The quantitative estimate of drug-likeness (QED) is 0.0550. The topological polar surface area (TPSA) is 470 Å². The smallest absolute Gasteiger partial charge is 0.335 e. The van der Waals surface area contributed by atoms with Crippen LogP contribution >= 0.6 is 0 Å². The first kappa shape index (κ1) is 68.5. The van der Waals surface area contributed by atoms with Gasteiger partial charge in [-0.25, -0.2) is 4.79 Å². The summed E-state index contributed by atoms with van der Waals surface area (Å²) in [5.41, 5.74) is -3.63. The summed E-state index contributed by atoms with van der Waals surface area (Å²) in [6, 6.07) is 0. The van der Waals surface area contributed by atoms with Crippen molar-refractivity contribution in [2.75, 3.05) is 26.4 Å². The molecule has 35 atom stereocenters. The van der Waals surface area contributed by atoms with Crippen LogP contribution in [0.15, 0.2) is 11.6 Å². The lowest BCUT2D eigenvalue weighted by molar-refractivity contribution is -0.396. The van der Waals surface area contributed by atoms with Crippen molar-refractivity contribution in [2.24, 2.45) is 50.2 Å². The summed E-state index contributed by atoms with van der Waals surface area (Å²) in [6.45, 7) is 11.2. The van der Waals surface area contributed by atoms with Crippen LogP contribution in [0, 0.1) is 50.2 Å². The van der Waals surface area contributed by atoms with Gasteiger partial charge in [-0.2, -0.15) is 0 Å². The Morgan fingerprint density at radius 3 is 1.76 bits per heavy atom. The average molecular weight is 1270 g/mol. The maximum absolute atomic E-state index is 13.5. The molecular weight excluding hydrogens is 1170 g/mol. The van der Waals surface area contributed by atoms with E-state index in [0.717, 1.165) is 5.57 Å². The number of carboxylic acid groups (broad SMARTS) is 2. The van der Waals surface area contributed by atoms with Crippen molar-refractivity contribution in [3.05, 3.63) is 11.6 Å². The Morgan fingerprint density at radius 2 is 1.14 bits per heavy atom. The second-order valence-corrected chi connectivity index (χ2v) is 28.5.